The molecule has 4 rings (SSSR count). The molecule has 0 aromatic heterocycles. The molecule has 6 heteroatoms. The minimum atomic E-state index is -0.324. The third-order valence-electron chi connectivity index (χ3n) is 5.65. The van der Waals surface area contributed by atoms with E-state index < -0.39 is 0 Å². The van der Waals surface area contributed by atoms with E-state index in [1.165, 1.54) is 4.90 Å². The number of carbonyl (C=O) groups is 2. The van der Waals surface area contributed by atoms with Crippen LogP contribution in [0.15, 0.2) is 48.2 Å². The molecule has 2 heterocycles. The SMILES string of the molecule is Cc1ccc(C2=C(N3CCOCC3)C(=O)N(c3ccccc3OC(C)C)C2=O)cc1C. The first-order valence-corrected chi connectivity index (χ1v) is 10.7. The summed E-state index contributed by atoms with van der Waals surface area (Å²) in [6, 6.07) is 13.1. The lowest BCUT2D eigenvalue weighted by molar-refractivity contribution is -0.121. The molecule has 2 aliphatic heterocycles. The van der Waals surface area contributed by atoms with Crippen molar-refractivity contribution in [3.8, 4) is 5.75 Å². The smallest absolute Gasteiger partial charge is 0.282 e. The van der Waals surface area contributed by atoms with Crippen molar-refractivity contribution < 1.29 is 19.1 Å². The summed E-state index contributed by atoms with van der Waals surface area (Å²) in [7, 11) is 0. The van der Waals surface area contributed by atoms with E-state index in [1.54, 1.807) is 12.1 Å². The first kappa shape index (κ1) is 21.1. The Bertz CT molecular complexity index is 1050. The predicted octanol–water partition coefficient (Wildman–Crippen LogP) is 3.71. The van der Waals surface area contributed by atoms with Crippen LogP contribution in [0.2, 0.25) is 0 Å². The van der Waals surface area contributed by atoms with E-state index in [4.69, 9.17) is 9.47 Å². The topological polar surface area (TPSA) is 59.1 Å². The minimum absolute atomic E-state index is 0.0835. The van der Waals surface area contributed by atoms with Gasteiger partial charge in [0, 0.05) is 13.1 Å². The molecule has 0 saturated carbocycles. The molecule has 0 spiro atoms. The molecule has 2 aromatic rings. The maximum Gasteiger partial charge on any atom is 0.282 e. The van der Waals surface area contributed by atoms with Gasteiger partial charge >= 0.3 is 0 Å². The zero-order valence-corrected chi connectivity index (χ0v) is 18.5. The molecule has 2 aliphatic rings. The second-order valence-corrected chi connectivity index (χ2v) is 8.20. The summed E-state index contributed by atoms with van der Waals surface area (Å²) in [5.41, 5.74) is 4.32. The molecule has 0 unspecified atom stereocenters. The number of para-hydroxylation sites is 2. The Morgan fingerprint density at radius 1 is 0.935 bits per heavy atom. The Balaban J connectivity index is 1.84. The summed E-state index contributed by atoms with van der Waals surface area (Å²) < 4.78 is 11.4. The first-order chi connectivity index (χ1) is 14.9. The lowest BCUT2D eigenvalue weighted by atomic mass is 9.99. The van der Waals surface area contributed by atoms with Crippen molar-refractivity contribution in [3.05, 3.63) is 64.9 Å². The van der Waals surface area contributed by atoms with Gasteiger partial charge in [-0.3, -0.25) is 9.59 Å². The summed E-state index contributed by atoms with van der Waals surface area (Å²) in [4.78, 5) is 30.7. The molecule has 162 valence electrons. The van der Waals surface area contributed by atoms with Crippen molar-refractivity contribution in [1.29, 1.82) is 0 Å². The molecule has 2 aromatic carbocycles. The molecule has 1 fully saturated rings. The Kier molecular flexibility index (Phi) is 5.83. The van der Waals surface area contributed by atoms with Crippen LogP contribution in [-0.4, -0.2) is 49.1 Å². The Morgan fingerprint density at radius 2 is 1.65 bits per heavy atom. The van der Waals surface area contributed by atoms with Gasteiger partial charge in [0.05, 0.1) is 30.6 Å². The van der Waals surface area contributed by atoms with Crippen LogP contribution < -0.4 is 9.64 Å². The molecule has 0 atom stereocenters. The fraction of sp³-hybridized carbons (Fsp3) is 0.360. The zero-order chi connectivity index (χ0) is 22.1. The third kappa shape index (κ3) is 3.95. The number of ether oxygens (including phenoxy) is 2. The standard InChI is InChI=1S/C25H28N2O4/c1-16(2)31-21-8-6-5-7-20(21)27-24(28)22(19-10-9-17(3)18(4)15-19)23(25(27)29)26-11-13-30-14-12-26/h5-10,15-16H,11-14H2,1-4H3. The highest BCUT2D eigenvalue weighted by atomic mass is 16.5. The van der Waals surface area contributed by atoms with Gasteiger partial charge in [0.25, 0.3) is 11.8 Å². The summed E-state index contributed by atoms with van der Waals surface area (Å²) in [5.74, 6) is -0.128. The van der Waals surface area contributed by atoms with Crippen molar-refractivity contribution in [2.45, 2.75) is 33.8 Å². The molecule has 31 heavy (non-hydrogen) atoms. The van der Waals surface area contributed by atoms with Gasteiger partial charge in [-0.25, -0.2) is 4.90 Å². The summed E-state index contributed by atoms with van der Waals surface area (Å²) >= 11 is 0. The highest BCUT2D eigenvalue weighted by molar-refractivity contribution is 6.45. The van der Waals surface area contributed by atoms with Gasteiger partial charge in [0.15, 0.2) is 0 Å². The fourth-order valence-corrected chi connectivity index (χ4v) is 3.97. The molecule has 0 aliphatic carbocycles. The highest BCUT2D eigenvalue weighted by Gasteiger charge is 2.43. The number of nitrogens with zero attached hydrogens (tertiary/aromatic N) is 2. The van der Waals surface area contributed by atoms with Gasteiger partial charge in [0.2, 0.25) is 0 Å². The van der Waals surface area contributed by atoms with E-state index in [-0.39, 0.29) is 17.9 Å². The zero-order valence-electron chi connectivity index (χ0n) is 18.5. The molecular weight excluding hydrogens is 392 g/mol. The first-order valence-electron chi connectivity index (χ1n) is 10.7. The molecule has 0 N–H and O–H groups in total. The van der Waals surface area contributed by atoms with Crippen LogP contribution in [0.25, 0.3) is 5.57 Å². The maximum absolute atomic E-state index is 13.7. The lowest BCUT2D eigenvalue weighted by Crippen LogP contribution is -2.40. The van der Waals surface area contributed by atoms with Crippen molar-refractivity contribution in [3.63, 3.8) is 0 Å². The summed E-state index contributed by atoms with van der Waals surface area (Å²) in [5, 5.41) is 0. The van der Waals surface area contributed by atoms with Gasteiger partial charge in [0.1, 0.15) is 11.4 Å². The van der Waals surface area contributed by atoms with Gasteiger partial charge in [-0.15, -0.1) is 0 Å². The number of hydrogen-bond acceptors (Lipinski definition) is 5. The fourth-order valence-electron chi connectivity index (χ4n) is 3.97. The van der Waals surface area contributed by atoms with Crippen LogP contribution in [0.4, 0.5) is 5.69 Å². The van der Waals surface area contributed by atoms with E-state index >= 15 is 0 Å². The highest BCUT2D eigenvalue weighted by Crippen LogP contribution is 2.39. The number of amides is 2. The van der Waals surface area contributed by atoms with Crippen LogP contribution in [-0.2, 0) is 14.3 Å². The van der Waals surface area contributed by atoms with Crippen LogP contribution >= 0.6 is 0 Å². The molecule has 1 saturated heterocycles. The largest absolute Gasteiger partial charge is 0.489 e. The van der Waals surface area contributed by atoms with Crippen LogP contribution in [0.1, 0.15) is 30.5 Å². The molecule has 6 nitrogen and oxygen atoms in total. The van der Waals surface area contributed by atoms with Gasteiger partial charge < -0.3 is 14.4 Å². The van der Waals surface area contributed by atoms with Crippen molar-refractivity contribution >= 4 is 23.1 Å². The summed E-state index contributed by atoms with van der Waals surface area (Å²) in [6.45, 7) is 10.1. The van der Waals surface area contributed by atoms with E-state index in [2.05, 4.69) is 0 Å². The number of morpholine rings is 1. The van der Waals surface area contributed by atoms with Crippen molar-refractivity contribution in [2.75, 3.05) is 31.2 Å². The minimum Gasteiger partial charge on any atom is -0.489 e. The van der Waals surface area contributed by atoms with Crippen LogP contribution in [0, 0.1) is 13.8 Å². The van der Waals surface area contributed by atoms with Gasteiger partial charge in [-0.2, -0.15) is 0 Å². The van der Waals surface area contributed by atoms with Gasteiger partial charge in [-0.1, -0.05) is 30.3 Å². The number of imide groups is 1. The number of carbonyl (C=O) groups excluding carboxylic acids is 2. The number of benzene rings is 2. The number of hydrogen-bond donors (Lipinski definition) is 0. The Hall–Kier alpha value is -3.12. The average molecular weight is 421 g/mol. The molecule has 0 radical (unpaired) electrons. The molecule has 0 bridgehead atoms. The Morgan fingerprint density at radius 3 is 2.32 bits per heavy atom. The summed E-state index contributed by atoms with van der Waals surface area (Å²) in [6.07, 6.45) is -0.0835. The lowest BCUT2D eigenvalue weighted by Gasteiger charge is -2.30. The number of aryl methyl sites for hydroxylation is 2. The van der Waals surface area contributed by atoms with E-state index in [0.29, 0.717) is 49.0 Å². The molecule has 2 amide bonds. The number of anilines is 1. The second kappa shape index (κ2) is 8.55. The van der Waals surface area contributed by atoms with Crippen molar-refractivity contribution in [1.82, 2.24) is 4.90 Å². The van der Waals surface area contributed by atoms with E-state index in [0.717, 1.165) is 16.7 Å². The maximum atomic E-state index is 13.7. The van der Waals surface area contributed by atoms with Crippen LogP contribution in [0.3, 0.4) is 0 Å². The van der Waals surface area contributed by atoms with Crippen LogP contribution in [0.5, 0.6) is 5.75 Å². The normalized spacial score (nSPS) is 17.2. The van der Waals surface area contributed by atoms with E-state index in [1.807, 2.05) is 62.9 Å². The monoisotopic (exact) mass is 420 g/mol. The molecular formula is C25H28N2O4. The second-order valence-electron chi connectivity index (χ2n) is 8.20. The van der Waals surface area contributed by atoms with Gasteiger partial charge in [-0.05, 0) is 56.5 Å². The van der Waals surface area contributed by atoms with E-state index in [9.17, 15) is 9.59 Å². The predicted molar refractivity (Wildman–Crippen MR) is 120 cm³/mol. The van der Waals surface area contributed by atoms with Crippen molar-refractivity contribution in [2.24, 2.45) is 0 Å². The average Bonchev–Trinajstić information content (AvgIpc) is 3.01. The Labute approximate surface area is 183 Å². The third-order valence-corrected chi connectivity index (χ3v) is 5.65. The number of rotatable bonds is 5. The quantitative estimate of drug-likeness (QED) is 0.691.